The van der Waals surface area contributed by atoms with E-state index in [1.54, 1.807) is 0 Å². The Labute approximate surface area is 206 Å². The number of carbonyl (C=O) groups is 2. The van der Waals surface area contributed by atoms with Crippen molar-refractivity contribution in [3.8, 4) is 0 Å². The van der Waals surface area contributed by atoms with Gasteiger partial charge in [-0.05, 0) is 83.8 Å². The van der Waals surface area contributed by atoms with Crippen LogP contribution < -0.4 is 0 Å². The van der Waals surface area contributed by atoms with E-state index in [0.717, 1.165) is 28.7 Å². The number of allylic oxidation sites excluding steroid dienone is 13. The summed E-state index contributed by atoms with van der Waals surface area (Å²) in [6, 6.07) is 0. The Morgan fingerprint density at radius 1 is 1.00 bits per heavy atom. The lowest BCUT2D eigenvalue weighted by molar-refractivity contribution is -0.144. The lowest BCUT2D eigenvalue weighted by Crippen LogP contribution is -2.30. The number of carbonyl (C=O) groups excluding carboxylic acids is 2. The van der Waals surface area contributed by atoms with Gasteiger partial charge in [-0.15, -0.1) is 0 Å². The molecule has 0 fully saturated rings. The molecule has 0 aromatic carbocycles. The summed E-state index contributed by atoms with van der Waals surface area (Å²) in [5.41, 5.74) is 6.70. The fourth-order valence-electron chi connectivity index (χ4n) is 4.97. The van der Waals surface area contributed by atoms with Crippen molar-refractivity contribution in [2.24, 2.45) is 10.8 Å². The van der Waals surface area contributed by atoms with E-state index in [9.17, 15) is 9.59 Å². The van der Waals surface area contributed by atoms with Crippen molar-refractivity contribution in [3.63, 3.8) is 0 Å². The van der Waals surface area contributed by atoms with Crippen molar-refractivity contribution in [1.82, 2.24) is 0 Å². The van der Waals surface area contributed by atoms with E-state index >= 15 is 0 Å². The average Bonchev–Trinajstić information content (AvgIpc) is 2.70. The summed E-state index contributed by atoms with van der Waals surface area (Å²) in [6.07, 6.45) is 20.2. The minimum Gasteiger partial charge on any atom is -0.454 e. The lowest BCUT2D eigenvalue weighted by Gasteiger charge is -2.32. The third kappa shape index (κ3) is 7.97. The van der Waals surface area contributed by atoms with Crippen LogP contribution in [0.2, 0.25) is 0 Å². The first kappa shape index (κ1) is 27.6. The zero-order chi connectivity index (χ0) is 25.5. The van der Waals surface area contributed by atoms with E-state index in [-0.39, 0.29) is 17.8 Å². The molecular formula is C31H42O3. The minimum absolute atomic E-state index is 0.113. The predicted octanol–water partition coefficient (Wildman–Crippen LogP) is 7.93. The van der Waals surface area contributed by atoms with Gasteiger partial charge in [0.05, 0.1) is 5.41 Å². The molecule has 0 radical (unpaired) electrons. The number of ketones is 1. The molecular weight excluding hydrogens is 420 g/mol. The molecule has 3 nitrogen and oxygen atoms in total. The summed E-state index contributed by atoms with van der Waals surface area (Å²) in [7, 11) is 0. The Morgan fingerprint density at radius 2 is 1.65 bits per heavy atom. The Morgan fingerprint density at radius 3 is 2.26 bits per heavy atom. The van der Waals surface area contributed by atoms with Gasteiger partial charge in [0.1, 0.15) is 0 Å². The van der Waals surface area contributed by atoms with Gasteiger partial charge in [0.15, 0.2) is 12.4 Å². The molecule has 2 aliphatic carbocycles. The van der Waals surface area contributed by atoms with Crippen LogP contribution in [0.1, 0.15) is 81.1 Å². The Balaban J connectivity index is 1.92. The number of Topliss-reactive ketones (excluding diaryl/α,β-unsaturated/α-hetero) is 1. The van der Waals surface area contributed by atoms with Crippen LogP contribution in [0.25, 0.3) is 0 Å². The van der Waals surface area contributed by atoms with Crippen LogP contribution in [0, 0.1) is 10.8 Å². The predicted molar refractivity (Wildman–Crippen MR) is 142 cm³/mol. The van der Waals surface area contributed by atoms with Crippen LogP contribution in [0.4, 0.5) is 0 Å². The summed E-state index contributed by atoms with van der Waals surface area (Å²) < 4.78 is 5.24. The maximum atomic E-state index is 12.7. The highest BCUT2D eigenvalue weighted by atomic mass is 16.5. The summed E-state index contributed by atoms with van der Waals surface area (Å²) in [5.74, 6) is -0.614. The second-order valence-corrected chi connectivity index (χ2v) is 10.9. The maximum absolute atomic E-state index is 12.7. The molecule has 0 saturated carbocycles. The fourth-order valence-corrected chi connectivity index (χ4v) is 4.97. The second-order valence-electron chi connectivity index (χ2n) is 10.9. The topological polar surface area (TPSA) is 43.4 Å². The molecule has 0 unspecified atom stereocenters. The first-order valence-corrected chi connectivity index (χ1v) is 12.3. The zero-order valence-corrected chi connectivity index (χ0v) is 22.4. The molecule has 3 heteroatoms. The highest BCUT2D eigenvalue weighted by Gasteiger charge is 2.31. The number of hydrogen-bond donors (Lipinski definition) is 0. The molecule has 0 aromatic heterocycles. The number of hydrogen-bond acceptors (Lipinski definition) is 3. The van der Waals surface area contributed by atoms with E-state index in [1.165, 1.54) is 36.5 Å². The molecule has 0 atom stereocenters. The van der Waals surface area contributed by atoms with Crippen molar-refractivity contribution in [2.75, 3.05) is 6.61 Å². The molecule has 2 rings (SSSR count). The van der Waals surface area contributed by atoms with Gasteiger partial charge in [0.2, 0.25) is 0 Å². The molecule has 0 aromatic rings. The summed E-state index contributed by atoms with van der Waals surface area (Å²) in [4.78, 5) is 24.9. The molecule has 0 N–H and O–H groups in total. The summed E-state index contributed by atoms with van der Waals surface area (Å²) in [5, 5.41) is 0. The Bertz CT molecular complexity index is 1000. The minimum atomic E-state index is -0.706. The largest absolute Gasteiger partial charge is 0.454 e. The first-order valence-electron chi connectivity index (χ1n) is 12.3. The van der Waals surface area contributed by atoms with Gasteiger partial charge in [0.25, 0.3) is 0 Å². The molecule has 0 aliphatic heterocycles. The van der Waals surface area contributed by atoms with Gasteiger partial charge in [0, 0.05) is 6.08 Å². The van der Waals surface area contributed by atoms with Gasteiger partial charge in [-0.3, -0.25) is 4.79 Å². The molecule has 0 bridgehead atoms. The Hall–Kier alpha value is -2.68. The van der Waals surface area contributed by atoms with Crippen molar-refractivity contribution in [1.29, 1.82) is 0 Å². The number of rotatable bonds is 8. The number of ether oxygens (including phenoxy) is 1. The monoisotopic (exact) mass is 462 g/mol. The van der Waals surface area contributed by atoms with Gasteiger partial charge in [-0.1, -0.05) is 78.7 Å². The van der Waals surface area contributed by atoms with Crippen molar-refractivity contribution in [3.05, 3.63) is 82.0 Å². The van der Waals surface area contributed by atoms with Crippen LogP contribution in [-0.2, 0) is 14.3 Å². The zero-order valence-electron chi connectivity index (χ0n) is 22.4. The third-order valence-electron chi connectivity index (χ3n) is 6.72. The standard InChI is InChI=1S/C31H42O3/c1-22(14-15-27-26(5)13-10-16-30(27,6)7)11-9-12-23(2)18-29(33)34-21-28(32)31(8)19-24(3)17-25(4)20-31/h9,11-12,14-15,18-20H,10,13,16-17,21H2,1-8H3/b12-9+,15-14+,22-11+,23-18+. The van der Waals surface area contributed by atoms with Gasteiger partial charge >= 0.3 is 5.97 Å². The van der Waals surface area contributed by atoms with Crippen LogP contribution >= 0.6 is 0 Å². The van der Waals surface area contributed by atoms with Crippen LogP contribution in [0.15, 0.2) is 82.0 Å². The smallest absolute Gasteiger partial charge is 0.331 e. The SMILES string of the molecule is CC1=CC(C)(C(=O)COC(=O)/C=C(C)/C=C/C=C(C)/C=C/C2=C(C)CCCC2(C)C)C=C(C)C1. The van der Waals surface area contributed by atoms with Crippen LogP contribution in [-0.4, -0.2) is 18.4 Å². The highest BCUT2D eigenvalue weighted by molar-refractivity contribution is 5.92. The first-order chi connectivity index (χ1) is 15.8. The lowest BCUT2D eigenvalue weighted by atomic mass is 9.72. The van der Waals surface area contributed by atoms with Crippen LogP contribution in [0.3, 0.4) is 0 Å². The maximum Gasteiger partial charge on any atom is 0.331 e. The molecule has 0 heterocycles. The van der Waals surface area contributed by atoms with Crippen molar-refractivity contribution < 1.29 is 14.3 Å². The van der Waals surface area contributed by atoms with E-state index in [1.807, 2.05) is 58.1 Å². The van der Waals surface area contributed by atoms with Gasteiger partial charge in [-0.25, -0.2) is 4.79 Å². The third-order valence-corrected chi connectivity index (χ3v) is 6.72. The average molecular weight is 463 g/mol. The number of esters is 1. The summed E-state index contributed by atoms with van der Waals surface area (Å²) >= 11 is 0. The fraction of sp³-hybridized carbons (Fsp3) is 0.484. The van der Waals surface area contributed by atoms with Gasteiger partial charge < -0.3 is 4.74 Å². The van der Waals surface area contributed by atoms with E-state index in [4.69, 9.17) is 4.74 Å². The molecule has 184 valence electrons. The molecule has 2 aliphatic rings. The highest BCUT2D eigenvalue weighted by Crippen LogP contribution is 2.40. The summed E-state index contributed by atoms with van der Waals surface area (Å²) in [6.45, 7) is 16.5. The quantitative estimate of drug-likeness (QED) is 0.159. The second kappa shape index (κ2) is 11.6. The Kier molecular flexibility index (Phi) is 9.44. The van der Waals surface area contributed by atoms with Crippen LogP contribution in [0.5, 0.6) is 0 Å². The van der Waals surface area contributed by atoms with E-state index in [2.05, 4.69) is 39.8 Å². The van der Waals surface area contributed by atoms with E-state index in [0.29, 0.717) is 0 Å². The molecule has 0 saturated heterocycles. The van der Waals surface area contributed by atoms with Crippen molar-refractivity contribution in [2.45, 2.75) is 81.1 Å². The van der Waals surface area contributed by atoms with E-state index < -0.39 is 11.4 Å². The van der Waals surface area contributed by atoms with Crippen molar-refractivity contribution >= 4 is 11.8 Å². The molecule has 34 heavy (non-hydrogen) atoms. The normalized spacial score (nSPS) is 21.1. The molecule has 0 amide bonds. The molecule has 0 spiro atoms. The van der Waals surface area contributed by atoms with Gasteiger partial charge in [-0.2, -0.15) is 0 Å².